The lowest BCUT2D eigenvalue weighted by molar-refractivity contribution is 0.120. The topological polar surface area (TPSA) is 56.7 Å². The molecule has 1 heterocycles. The summed E-state index contributed by atoms with van der Waals surface area (Å²) in [5, 5.41) is 16.3. The standard InChI is InChI=1S/C15H24ClN3OS.HI/c1-2-17-15(19-11-3-5-12(20)6-4-11)18-10-9-13-7-8-14(16)21-13;/h7-8,11-12,20H,2-6,9-10H2,1H3,(H2,17,18,19);1H. The van der Waals surface area contributed by atoms with E-state index in [9.17, 15) is 5.11 Å². The van der Waals surface area contributed by atoms with Crippen molar-refractivity contribution in [2.75, 3.05) is 13.1 Å². The minimum atomic E-state index is -0.119. The van der Waals surface area contributed by atoms with E-state index in [1.807, 2.05) is 6.07 Å². The van der Waals surface area contributed by atoms with Crippen molar-refractivity contribution in [2.45, 2.75) is 51.2 Å². The van der Waals surface area contributed by atoms with Crippen LogP contribution in [0.4, 0.5) is 0 Å². The van der Waals surface area contributed by atoms with Crippen molar-refractivity contribution in [1.29, 1.82) is 0 Å². The van der Waals surface area contributed by atoms with E-state index in [2.05, 4.69) is 28.6 Å². The first kappa shape index (κ1) is 20.0. The molecule has 7 heteroatoms. The van der Waals surface area contributed by atoms with E-state index in [4.69, 9.17) is 11.6 Å². The van der Waals surface area contributed by atoms with Crippen molar-refractivity contribution in [3.8, 4) is 0 Å². The second-order valence-electron chi connectivity index (χ2n) is 5.37. The number of rotatable bonds is 5. The third-order valence-corrected chi connectivity index (χ3v) is 4.93. The van der Waals surface area contributed by atoms with E-state index in [0.29, 0.717) is 6.04 Å². The Morgan fingerprint density at radius 1 is 1.36 bits per heavy atom. The van der Waals surface area contributed by atoms with Crippen molar-refractivity contribution in [3.05, 3.63) is 21.3 Å². The van der Waals surface area contributed by atoms with Crippen molar-refractivity contribution in [1.82, 2.24) is 10.6 Å². The lowest BCUT2D eigenvalue weighted by atomic mass is 9.93. The molecular weight excluding hydrogens is 433 g/mol. The molecule has 0 unspecified atom stereocenters. The van der Waals surface area contributed by atoms with E-state index in [1.54, 1.807) is 11.3 Å². The fraction of sp³-hybridized carbons (Fsp3) is 0.667. The molecule has 3 N–H and O–H groups in total. The first-order valence-corrected chi connectivity index (χ1v) is 8.84. The molecular formula is C15H25ClIN3OS. The van der Waals surface area contributed by atoms with Gasteiger partial charge in [0.1, 0.15) is 0 Å². The summed E-state index contributed by atoms with van der Waals surface area (Å²) in [6.07, 6.45) is 4.57. The Bertz CT molecular complexity index is 461. The van der Waals surface area contributed by atoms with Gasteiger partial charge in [-0.05, 0) is 44.7 Å². The molecule has 0 radical (unpaired) electrons. The zero-order chi connectivity index (χ0) is 15.1. The number of aliphatic hydroxyl groups is 1. The molecule has 1 fully saturated rings. The van der Waals surface area contributed by atoms with Crippen LogP contribution in [0.5, 0.6) is 0 Å². The van der Waals surface area contributed by atoms with Crippen LogP contribution >= 0.6 is 46.9 Å². The number of aliphatic imine (C=N–C) groups is 1. The van der Waals surface area contributed by atoms with Gasteiger partial charge >= 0.3 is 0 Å². The van der Waals surface area contributed by atoms with Gasteiger partial charge in [-0.15, -0.1) is 35.3 Å². The van der Waals surface area contributed by atoms with Gasteiger partial charge in [0.25, 0.3) is 0 Å². The summed E-state index contributed by atoms with van der Waals surface area (Å²) in [4.78, 5) is 5.89. The van der Waals surface area contributed by atoms with E-state index in [-0.39, 0.29) is 30.1 Å². The lowest BCUT2D eigenvalue weighted by Crippen LogP contribution is -2.45. The zero-order valence-corrected chi connectivity index (χ0v) is 16.8. The number of halogens is 2. The van der Waals surface area contributed by atoms with Gasteiger partial charge in [0.05, 0.1) is 10.4 Å². The Morgan fingerprint density at radius 3 is 2.68 bits per heavy atom. The first-order chi connectivity index (χ1) is 10.2. The molecule has 126 valence electrons. The van der Waals surface area contributed by atoms with Gasteiger partial charge in [-0.3, -0.25) is 4.99 Å². The molecule has 4 nitrogen and oxygen atoms in total. The summed E-state index contributed by atoms with van der Waals surface area (Å²) < 4.78 is 0.833. The minimum absolute atomic E-state index is 0. The highest BCUT2D eigenvalue weighted by Gasteiger charge is 2.19. The average Bonchev–Trinajstić information content (AvgIpc) is 2.87. The second kappa shape index (κ2) is 10.7. The predicted octanol–water partition coefficient (Wildman–Crippen LogP) is 3.42. The largest absolute Gasteiger partial charge is 0.393 e. The quantitative estimate of drug-likeness (QED) is 0.361. The summed E-state index contributed by atoms with van der Waals surface area (Å²) in [5.41, 5.74) is 0. The molecule has 0 atom stereocenters. The highest BCUT2D eigenvalue weighted by Crippen LogP contribution is 2.21. The normalized spacial score (nSPS) is 22.0. The fourth-order valence-corrected chi connectivity index (χ4v) is 3.57. The Morgan fingerprint density at radius 2 is 2.09 bits per heavy atom. The van der Waals surface area contributed by atoms with Crippen molar-refractivity contribution in [2.24, 2.45) is 4.99 Å². The molecule has 0 aromatic carbocycles. The Labute approximate surface area is 158 Å². The zero-order valence-electron chi connectivity index (χ0n) is 12.8. The molecule has 2 rings (SSSR count). The van der Waals surface area contributed by atoms with E-state index < -0.39 is 0 Å². The number of aliphatic hydroxyl groups excluding tert-OH is 1. The molecule has 0 spiro atoms. The summed E-state index contributed by atoms with van der Waals surface area (Å²) in [7, 11) is 0. The number of hydrogen-bond acceptors (Lipinski definition) is 3. The van der Waals surface area contributed by atoms with Gasteiger partial charge in [-0.1, -0.05) is 11.6 Å². The molecule has 1 saturated carbocycles. The molecule has 0 amide bonds. The number of nitrogens with zero attached hydrogens (tertiary/aromatic N) is 1. The maximum absolute atomic E-state index is 9.55. The highest BCUT2D eigenvalue weighted by atomic mass is 127. The van der Waals surface area contributed by atoms with Crippen LogP contribution in [0.1, 0.15) is 37.5 Å². The van der Waals surface area contributed by atoms with Crippen molar-refractivity contribution < 1.29 is 5.11 Å². The predicted molar refractivity (Wildman–Crippen MR) is 106 cm³/mol. The SMILES string of the molecule is CCNC(=NCCc1ccc(Cl)s1)NC1CCC(O)CC1.I. The Kier molecular flexibility index (Phi) is 9.70. The molecule has 0 saturated heterocycles. The van der Waals surface area contributed by atoms with E-state index >= 15 is 0 Å². The summed E-state index contributed by atoms with van der Waals surface area (Å²) in [5.74, 6) is 0.876. The number of nitrogens with one attached hydrogen (secondary N) is 2. The van der Waals surface area contributed by atoms with Gasteiger partial charge in [0.15, 0.2) is 5.96 Å². The smallest absolute Gasteiger partial charge is 0.191 e. The molecule has 1 aromatic heterocycles. The third kappa shape index (κ3) is 7.02. The monoisotopic (exact) mass is 457 g/mol. The molecule has 1 aliphatic carbocycles. The van der Waals surface area contributed by atoms with Crippen LogP contribution < -0.4 is 10.6 Å². The van der Waals surface area contributed by atoms with Gasteiger partial charge in [-0.2, -0.15) is 0 Å². The van der Waals surface area contributed by atoms with Crippen molar-refractivity contribution in [3.63, 3.8) is 0 Å². The van der Waals surface area contributed by atoms with Crippen molar-refractivity contribution >= 4 is 52.9 Å². The Hall–Kier alpha value is -0.0500. The van der Waals surface area contributed by atoms with Crippen LogP contribution in [-0.2, 0) is 6.42 Å². The van der Waals surface area contributed by atoms with E-state index in [1.165, 1.54) is 4.88 Å². The third-order valence-electron chi connectivity index (χ3n) is 3.64. The van der Waals surface area contributed by atoms with Gasteiger partial charge in [-0.25, -0.2) is 0 Å². The van der Waals surface area contributed by atoms with Crippen LogP contribution in [-0.4, -0.2) is 36.3 Å². The number of hydrogen-bond donors (Lipinski definition) is 3. The van der Waals surface area contributed by atoms with Crippen LogP contribution in [0.25, 0.3) is 0 Å². The fourth-order valence-electron chi connectivity index (χ4n) is 2.50. The number of thiophene rings is 1. The average molecular weight is 458 g/mol. The molecule has 1 aliphatic rings. The minimum Gasteiger partial charge on any atom is -0.393 e. The maximum atomic E-state index is 9.55. The van der Waals surface area contributed by atoms with E-state index in [0.717, 1.165) is 55.5 Å². The van der Waals surface area contributed by atoms with Gasteiger partial charge in [0.2, 0.25) is 0 Å². The van der Waals surface area contributed by atoms with Crippen LogP contribution in [0.2, 0.25) is 4.34 Å². The Balaban J connectivity index is 0.00000242. The first-order valence-electron chi connectivity index (χ1n) is 7.64. The highest BCUT2D eigenvalue weighted by molar-refractivity contribution is 14.0. The molecule has 1 aromatic rings. The van der Waals surface area contributed by atoms with Gasteiger partial charge < -0.3 is 15.7 Å². The van der Waals surface area contributed by atoms with Crippen LogP contribution in [0.15, 0.2) is 17.1 Å². The molecule has 0 bridgehead atoms. The summed E-state index contributed by atoms with van der Waals surface area (Å²) >= 11 is 7.55. The molecule has 0 aliphatic heterocycles. The summed E-state index contributed by atoms with van der Waals surface area (Å²) in [6.45, 7) is 3.67. The van der Waals surface area contributed by atoms with Gasteiger partial charge in [0, 0.05) is 30.4 Å². The number of guanidine groups is 1. The lowest BCUT2D eigenvalue weighted by Gasteiger charge is -2.27. The second-order valence-corrected chi connectivity index (χ2v) is 7.17. The van der Waals surface area contributed by atoms with Crippen LogP contribution in [0, 0.1) is 0 Å². The summed E-state index contributed by atoms with van der Waals surface area (Å²) in [6, 6.07) is 4.41. The van der Waals surface area contributed by atoms with Crippen LogP contribution in [0.3, 0.4) is 0 Å². The molecule has 22 heavy (non-hydrogen) atoms. The maximum Gasteiger partial charge on any atom is 0.191 e.